The van der Waals surface area contributed by atoms with Crippen molar-refractivity contribution in [2.24, 2.45) is 5.16 Å². The van der Waals surface area contributed by atoms with Gasteiger partial charge in [0.1, 0.15) is 5.82 Å². The van der Waals surface area contributed by atoms with Crippen molar-refractivity contribution < 1.29 is 9.60 Å². The molecule has 0 saturated heterocycles. The van der Waals surface area contributed by atoms with Crippen molar-refractivity contribution in [2.45, 2.75) is 6.92 Å². The Bertz CT molecular complexity index is 662. The van der Waals surface area contributed by atoms with Gasteiger partial charge in [-0.05, 0) is 29.7 Å². The molecule has 0 aliphatic rings. The lowest BCUT2D eigenvalue weighted by Crippen LogP contribution is -1.87. The van der Waals surface area contributed by atoms with Gasteiger partial charge in [0.25, 0.3) is 0 Å². The molecule has 0 aliphatic carbocycles. The summed E-state index contributed by atoms with van der Waals surface area (Å²) >= 11 is 6.17. The number of oxime groups is 1. The molecule has 0 amide bonds. The number of hydrogen-bond donors (Lipinski definition) is 1. The highest BCUT2D eigenvalue weighted by Gasteiger charge is 2.06. The van der Waals surface area contributed by atoms with Crippen LogP contribution in [0, 0.1) is 5.82 Å². The van der Waals surface area contributed by atoms with Crippen LogP contribution in [0.5, 0.6) is 0 Å². The van der Waals surface area contributed by atoms with Gasteiger partial charge in [0, 0.05) is 5.56 Å². The molecule has 4 heteroatoms. The highest BCUT2D eigenvalue weighted by molar-refractivity contribution is 6.50. The van der Waals surface area contributed by atoms with Crippen molar-refractivity contribution in [3.05, 3.63) is 65.5 Å². The molecule has 2 rings (SSSR count). The van der Waals surface area contributed by atoms with E-state index in [4.69, 9.17) is 16.8 Å². The molecule has 1 N–H and O–H groups in total. The van der Waals surface area contributed by atoms with Crippen LogP contribution >= 0.6 is 11.6 Å². The van der Waals surface area contributed by atoms with Crippen LogP contribution in [0.3, 0.4) is 0 Å². The molecule has 0 unspecified atom stereocenters. The largest absolute Gasteiger partial charge is 0.411 e. The van der Waals surface area contributed by atoms with E-state index in [9.17, 15) is 4.39 Å². The zero-order valence-electron chi connectivity index (χ0n) is 10.8. The molecule has 0 atom stereocenters. The second kappa shape index (κ2) is 6.35. The maximum absolute atomic E-state index is 13.7. The van der Waals surface area contributed by atoms with Crippen LogP contribution in [0.1, 0.15) is 12.5 Å². The normalized spacial score (nSPS) is 12.6. The lowest BCUT2D eigenvalue weighted by molar-refractivity contribution is 0.321. The fourth-order valence-corrected chi connectivity index (χ4v) is 2.04. The molecule has 0 aliphatic heterocycles. The molecule has 0 radical (unpaired) electrons. The van der Waals surface area contributed by atoms with Crippen LogP contribution in [0.4, 0.5) is 4.39 Å². The quantitative estimate of drug-likeness (QED) is 0.485. The first-order valence-corrected chi connectivity index (χ1v) is 6.40. The number of allylic oxidation sites excluding steroid dienone is 1. The molecule has 0 fully saturated rings. The smallest absolute Gasteiger partial charge is 0.131 e. The second-order valence-corrected chi connectivity index (χ2v) is 4.68. The van der Waals surface area contributed by atoms with Gasteiger partial charge in [0.2, 0.25) is 0 Å². The van der Waals surface area contributed by atoms with Crippen molar-refractivity contribution in [2.75, 3.05) is 0 Å². The minimum atomic E-state index is -0.259. The first kappa shape index (κ1) is 14.3. The van der Waals surface area contributed by atoms with Crippen LogP contribution < -0.4 is 0 Å². The number of benzene rings is 2. The van der Waals surface area contributed by atoms with Gasteiger partial charge in [-0.3, -0.25) is 0 Å². The fourth-order valence-electron chi connectivity index (χ4n) is 1.86. The van der Waals surface area contributed by atoms with E-state index in [0.717, 1.165) is 11.1 Å². The van der Waals surface area contributed by atoms with Gasteiger partial charge in [-0.15, -0.1) is 0 Å². The van der Waals surface area contributed by atoms with E-state index in [2.05, 4.69) is 5.16 Å². The van der Waals surface area contributed by atoms with Gasteiger partial charge in [-0.1, -0.05) is 59.2 Å². The fraction of sp³-hybridized carbons (Fsp3) is 0.0625. The van der Waals surface area contributed by atoms with Crippen LogP contribution in [0.2, 0.25) is 0 Å². The summed E-state index contributed by atoms with van der Waals surface area (Å²) in [7, 11) is 0. The van der Waals surface area contributed by atoms with Crippen molar-refractivity contribution in [1.29, 1.82) is 0 Å². The van der Waals surface area contributed by atoms with E-state index in [0.29, 0.717) is 16.2 Å². The van der Waals surface area contributed by atoms with Gasteiger partial charge in [-0.2, -0.15) is 0 Å². The Morgan fingerprint density at radius 2 is 1.80 bits per heavy atom. The minimum absolute atomic E-state index is 0.259. The Labute approximate surface area is 121 Å². The first-order chi connectivity index (χ1) is 9.63. The van der Waals surface area contributed by atoms with E-state index < -0.39 is 0 Å². The summed E-state index contributed by atoms with van der Waals surface area (Å²) in [6.45, 7) is 1.74. The van der Waals surface area contributed by atoms with Crippen LogP contribution in [-0.2, 0) is 0 Å². The number of rotatable bonds is 3. The summed E-state index contributed by atoms with van der Waals surface area (Å²) in [4.78, 5) is 0. The van der Waals surface area contributed by atoms with Gasteiger partial charge in [-0.25, -0.2) is 4.39 Å². The second-order valence-electron chi connectivity index (χ2n) is 4.30. The van der Waals surface area contributed by atoms with Crippen LogP contribution in [-0.4, -0.2) is 11.4 Å². The minimum Gasteiger partial charge on any atom is -0.411 e. The third-order valence-electron chi connectivity index (χ3n) is 2.92. The zero-order chi connectivity index (χ0) is 14.5. The van der Waals surface area contributed by atoms with Gasteiger partial charge in [0.15, 0.2) is 0 Å². The van der Waals surface area contributed by atoms with E-state index in [1.165, 1.54) is 12.3 Å². The standard InChI is InChI=1S/C16H13ClFNO/c1-11(10-19-20)16(17)13-8-6-12(7-9-13)14-4-2-3-5-15(14)18/h2-10,20H,1H3/b16-11+,19-10?. The molecule has 102 valence electrons. The van der Waals surface area contributed by atoms with E-state index in [1.807, 2.05) is 0 Å². The summed E-state index contributed by atoms with van der Waals surface area (Å²) in [5.74, 6) is -0.259. The molecule has 0 bridgehead atoms. The SMILES string of the molecule is C/C(C=NO)=C(\Cl)c1ccc(-c2ccccc2F)cc1. The monoisotopic (exact) mass is 289 g/mol. The summed E-state index contributed by atoms with van der Waals surface area (Å²) < 4.78 is 13.7. The maximum atomic E-state index is 13.7. The Morgan fingerprint density at radius 1 is 1.15 bits per heavy atom. The lowest BCUT2D eigenvalue weighted by atomic mass is 10.0. The summed E-state index contributed by atoms with van der Waals surface area (Å²) in [6.07, 6.45) is 1.27. The molecule has 2 aromatic carbocycles. The van der Waals surface area contributed by atoms with Crippen molar-refractivity contribution >= 4 is 22.8 Å². The zero-order valence-corrected chi connectivity index (χ0v) is 11.6. The van der Waals surface area contributed by atoms with Crippen LogP contribution in [0.15, 0.2) is 59.3 Å². The summed E-state index contributed by atoms with van der Waals surface area (Å²) in [5.41, 5.74) is 2.76. The third kappa shape index (κ3) is 3.06. The highest BCUT2D eigenvalue weighted by Crippen LogP contribution is 2.27. The maximum Gasteiger partial charge on any atom is 0.131 e. The average molecular weight is 290 g/mol. The first-order valence-electron chi connectivity index (χ1n) is 6.02. The van der Waals surface area contributed by atoms with Crippen molar-refractivity contribution in [3.8, 4) is 11.1 Å². The predicted octanol–water partition coefficient (Wildman–Crippen LogP) is 4.92. The van der Waals surface area contributed by atoms with Crippen molar-refractivity contribution in [3.63, 3.8) is 0 Å². The Balaban J connectivity index is 2.37. The number of hydrogen-bond acceptors (Lipinski definition) is 2. The molecule has 2 nitrogen and oxygen atoms in total. The molecule has 20 heavy (non-hydrogen) atoms. The Morgan fingerprint density at radius 3 is 2.40 bits per heavy atom. The molecule has 0 spiro atoms. The van der Waals surface area contributed by atoms with Crippen LogP contribution in [0.25, 0.3) is 16.2 Å². The Kier molecular flexibility index (Phi) is 4.53. The van der Waals surface area contributed by atoms with Crippen molar-refractivity contribution in [1.82, 2.24) is 0 Å². The molecule has 2 aromatic rings. The van der Waals surface area contributed by atoms with Gasteiger partial charge >= 0.3 is 0 Å². The topological polar surface area (TPSA) is 32.6 Å². The molecule has 0 saturated carbocycles. The van der Waals surface area contributed by atoms with E-state index in [-0.39, 0.29) is 5.82 Å². The highest BCUT2D eigenvalue weighted by atomic mass is 35.5. The average Bonchev–Trinajstić information content (AvgIpc) is 2.47. The van der Waals surface area contributed by atoms with Gasteiger partial charge in [0.05, 0.1) is 11.2 Å². The molecule has 0 heterocycles. The number of nitrogens with zero attached hydrogens (tertiary/aromatic N) is 1. The molecular formula is C16H13ClFNO. The predicted molar refractivity (Wildman–Crippen MR) is 80.6 cm³/mol. The molecule has 0 aromatic heterocycles. The third-order valence-corrected chi connectivity index (χ3v) is 3.44. The Hall–Kier alpha value is -2.13. The number of halogens is 2. The summed E-state index contributed by atoms with van der Waals surface area (Å²) in [6, 6.07) is 13.8. The lowest BCUT2D eigenvalue weighted by Gasteiger charge is -2.06. The van der Waals surface area contributed by atoms with E-state index >= 15 is 0 Å². The van der Waals surface area contributed by atoms with E-state index in [1.54, 1.807) is 49.4 Å². The van der Waals surface area contributed by atoms with Gasteiger partial charge < -0.3 is 5.21 Å². The molecular weight excluding hydrogens is 277 g/mol. The summed E-state index contributed by atoms with van der Waals surface area (Å²) in [5, 5.41) is 11.9.